The van der Waals surface area contributed by atoms with Crippen molar-refractivity contribution in [1.82, 2.24) is 0 Å². The zero-order chi connectivity index (χ0) is 13.8. The predicted octanol–water partition coefficient (Wildman–Crippen LogP) is 4.93. The third-order valence-corrected chi connectivity index (χ3v) is 4.09. The molecule has 2 aromatic carbocycles. The lowest BCUT2D eigenvalue weighted by atomic mass is 10.2. The maximum absolute atomic E-state index is 14.0. The van der Waals surface area contributed by atoms with E-state index in [0.29, 0.717) is 5.69 Å². The van der Waals surface area contributed by atoms with E-state index in [1.807, 2.05) is 36.6 Å². The minimum absolute atomic E-state index is 0.181. The van der Waals surface area contributed by atoms with Gasteiger partial charge in [-0.1, -0.05) is 0 Å². The summed E-state index contributed by atoms with van der Waals surface area (Å²) in [5, 5.41) is 11.8. The SMILES string of the molecule is CSc1ccc(Nc2ccc(C#N)c(Br)c2F)cc1. The van der Waals surface area contributed by atoms with Gasteiger partial charge in [0.2, 0.25) is 0 Å². The van der Waals surface area contributed by atoms with Gasteiger partial charge in [0, 0.05) is 10.6 Å². The van der Waals surface area contributed by atoms with Crippen LogP contribution < -0.4 is 5.32 Å². The smallest absolute Gasteiger partial charge is 0.162 e. The highest BCUT2D eigenvalue weighted by atomic mass is 79.9. The van der Waals surface area contributed by atoms with Crippen molar-refractivity contribution in [1.29, 1.82) is 5.26 Å². The molecule has 0 aliphatic carbocycles. The number of rotatable bonds is 3. The third-order valence-electron chi connectivity index (χ3n) is 2.57. The second kappa shape index (κ2) is 6.09. The number of nitriles is 1. The van der Waals surface area contributed by atoms with Crippen LogP contribution in [0.2, 0.25) is 0 Å². The van der Waals surface area contributed by atoms with Crippen LogP contribution in [0.3, 0.4) is 0 Å². The van der Waals surface area contributed by atoms with E-state index in [2.05, 4.69) is 21.2 Å². The standard InChI is InChI=1S/C14H10BrFN2S/c1-19-11-5-3-10(4-6-11)18-12-7-2-9(8-17)13(15)14(12)16/h2-7,18H,1H3. The first-order valence-corrected chi connectivity index (χ1v) is 7.46. The molecule has 1 N–H and O–H groups in total. The van der Waals surface area contributed by atoms with E-state index in [9.17, 15) is 4.39 Å². The summed E-state index contributed by atoms with van der Waals surface area (Å²) in [7, 11) is 0. The van der Waals surface area contributed by atoms with E-state index >= 15 is 0 Å². The minimum atomic E-state index is -0.465. The van der Waals surface area contributed by atoms with Crippen LogP contribution in [0.15, 0.2) is 45.8 Å². The van der Waals surface area contributed by atoms with Gasteiger partial charge in [-0.2, -0.15) is 5.26 Å². The van der Waals surface area contributed by atoms with E-state index in [4.69, 9.17) is 5.26 Å². The molecule has 0 unspecified atom stereocenters. The highest BCUT2D eigenvalue weighted by molar-refractivity contribution is 9.10. The molecule has 5 heteroatoms. The molecule has 0 amide bonds. The monoisotopic (exact) mass is 336 g/mol. The number of thioether (sulfide) groups is 1. The van der Waals surface area contributed by atoms with Crippen LogP contribution in [0.1, 0.15) is 5.56 Å². The van der Waals surface area contributed by atoms with Gasteiger partial charge in [0.25, 0.3) is 0 Å². The Morgan fingerprint density at radius 1 is 1.21 bits per heavy atom. The molecule has 2 rings (SSSR count). The second-order valence-electron chi connectivity index (χ2n) is 3.75. The van der Waals surface area contributed by atoms with E-state index in [1.54, 1.807) is 23.9 Å². The molecule has 0 fully saturated rings. The molecule has 0 aromatic heterocycles. The molecular formula is C14H10BrFN2S. The molecule has 0 heterocycles. The summed E-state index contributed by atoms with van der Waals surface area (Å²) in [6, 6.07) is 12.8. The first-order chi connectivity index (χ1) is 9.15. The van der Waals surface area contributed by atoms with Gasteiger partial charge in [-0.15, -0.1) is 11.8 Å². The molecule has 0 spiro atoms. The summed E-state index contributed by atoms with van der Waals surface area (Å²) in [4.78, 5) is 1.15. The minimum Gasteiger partial charge on any atom is -0.353 e. The zero-order valence-electron chi connectivity index (χ0n) is 10.1. The maximum Gasteiger partial charge on any atom is 0.162 e. The van der Waals surface area contributed by atoms with Gasteiger partial charge in [-0.25, -0.2) is 4.39 Å². The Kier molecular flexibility index (Phi) is 4.46. The van der Waals surface area contributed by atoms with Gasteiger partial charge in [0.1, 0.15) is 6.07 Å². The Morgan fingerprint density at radius 3 is 2.47 bits per heavy atom. The topological polar surface area (TPSA) is 35.8 Å². The predicted molar refractivity (Wildman–Crippen MR) is 80.3 cm³/mol. The maximum atomic E-state index is 14.0. The molecule has 0 aliphatic rings. The molecule has 0 bridgehead atoms. The quantitative estimate of drug-likeness (QED) is 0.807. The molecule has 19 heavy (non-hydrogen) atoms. The van der Waals surface area contributed by atoms with E-state index in [-0.39, 0.29) is 10.0 Å². The van der Waals surface area contributed by atoms with Crippen molar-refractivity contribution in [2.75, 3.05) is 11.6 Å². The fraction of sp³-hybridized carbons (Fsp3) is 0.0714. The number of benzene rings is 2. The summed E-state index contributed by atoms with van der Waals surface area (Å²) in [5.41, 5.74) is 1.41. The fourth-order valence-corrected chi connectivity index (χ4v) is 2.40. The Bertz CT molecular complexity index is 635. The Morgan fingerprint density at radius 2 is 1.89 bits per heavy atom. The van der Waals surface area contributed by atoms with Gasteiger partial charge >= 0.3 is 0 Å². The number of hydrogen-bond donors (Lipinski definition) is 1. The average Bonchev–Trinajstić information content (AvgIpc) is 2.45. The van der Waals surface area contributed by atoms with Crippen molar-refractivity contribution in [3.8, 4) is 6.07 Å². The summed E-state index contributed by atoms with van der Waals surface area (Å²) >= 11 is 4.74. The number of halogens is 2. The number of nitrogens with zero attached hydrogens (tertiary/aromatic N) is 1. The highest BCUT2D eigenvalue weighted by Gasteiger charge is 2.11. The molecule has 2 nitrogen and oxygen atoms in total. The van der Waals surface area contributed by atoms with Gasteiger partial charge in [-0.3, -0.25) is 0 Å². The van der Waals surface area contributed by atoms with Crippen LogP contribution in [0.4, 0.5) is 15.8 Å². The molecule has 0 atom stereocenters. The van der Waals surface area contributed by atoms with E-state index in [0.717, 1.165) is 10.6 Å². The summed E-state index contributed by atoms with van der Waals surface area (Å²) in [6.45, 7) is 0. The average molecular weight is 337 g/mol. The molecule has 96 valence electrons. The molecule has 0 saturated carbocycles. The van der Waals surface area contributed by atoms with Gasteiger partial charge in [0.15, 0.2) is 5.82 Å². The van der Waals surface area contributed by atoms with Crippen LogP contribution in [0.25, 0.3) is 0 Å². The fourth-order valence-electron chi connectivity index (χ4n) is 1.56. The van der Waals surface area contributed by atoms with Crippen LogP contribution >= 0.6 is 27.7 Å². The van der Waals surface area contributed by atoms with Crippen LogP contribution in [0.5, 0.6) is 0 Å². The Labute approximate surface area is 123 Å². The lowest BCUT2D eigenvalue weighted by Gasteiger charge is -2.09. The van der Waals surface area contributed by atoms with Gasteiger partial charge in [-0.05, 0) is 58.6 Å². The lowest BCUT2D eigenvalue weighted by Crippen LogP contribution is -1.96. The van der Waals surface area contributed by atoms with Crippen molar-refractivity contribution in [3.63, 3.8) is 0 Å². The Hall–Kier alpha value is -1.51. The van der Waals surface area contributed by atoms with Crippen LogP contribution in [-0.2, 0) is 0 Å². The molecular weight excluding hydrogens is 327 g/mol. The van der Waals surface area contributed by atoms with Crippen molar-refractivity contribution in [3.05, 3.63) is 52.3 Å². The normalized spacial score (nSPS) is 10.0. The van der Waals surface area contributed by atoms with Crippen LogP contribution in [0, 0.1) is 17.1 Å². The van der Waals surface area contributed by atoms with Crippen molar-refractivity contribution >= 4 is 39.1 Å². The largest absolute Gasteiger partial charge is 0.353 e. The third kappa shape index (κ3) is 3.09. The molecule has 0 aliphatic heterocycles. The highest BCUT2D eigenvalue weighted by Crippen LogP contribution is 2.29. The van der Waals surface area contributed by atoms with E-state index < -0.39 is 5.82 Å². The first-order valence-electron chi connectivity index (χ1n) is 5.45. The van der Waals surface area contributed by atoms with Crippen molar-refractivity contribution < 1.29 is 4.39 Å². The summed E-state index contributed by atoms with van der Waals surface area (Å²) < 4.78 is 14.2. The second-order valence-corrected chi connectivity index (χ2v) is 5.43. The van der Waals surface area contributed by atoms with E-state index in [1.165, 1.54) is 0 Å². The van der Waals surface area contributed by atoms with Gasteiger partial charge < -0.3 is 5.32 Å². The number of anilines is 2. The zero-order valence-corrected chi connectivity index (χ0v) is 12.5. The molecule has 0 saturated heterocycles. The molecule has 0 radical (unpaired) electrons. The van der Waals surface area contributed by atoms with Crippen LogP contribution in [-0.4, -0.2) is 6.26 Å². The van der Waals surface area contributed by atoms with Crippen molar-refractivity contribution in [2.45, 2.75) is 4.90 Å². The molecule has 2 aromatic rings. The Balaban J connectivity index is 2.28. The summed E-state index contributed by atoms with van der Waals surface area (Å²) in [6.07, 6.45) is 2.00. The lowest BCUT2D eigenvalue weighted by molar-refractivity contribution is 0.624. The van der Waals surface area contributed by atoms with Crippen molar-refractivity contribution in [2.24, 2.45) is 0 Å². The van der Waals surface area contributed by atoms with Gasteiger partial charge in [0.05, 0.1) is 15.7 Å². The first kappa shape index (κ1) is 13.9. The number of hydrogen-bond acceptors (Lipinski definition) is 3. The summed E-state index contributed by atoms with van der Waals surface area (Å²) in [5.74, 6) is -0.465. The number of nitrogens with one attached hydrogen (secondary N) is 1.